The maximum Gasteiger partial charge on any atom is 0.247 e. The first-order valence-electron chi connectivity index (χ1n) is 10.5. The topological polar surface area (TPSA) is 102 Å². The third-order valence-corrected chi connectivity index (χ3v) is 6.79. The van der Waals surface area contributed by atoms with Crippen molar-refractivity contribution in [3.8, 4) is 0 Å². The van der Waals surface area contributed by atoms with Crippen LogP contribution in [0.25, 0.3) is 17.0 Å². The van der Waals surface area contributed by atoms with Crippen LogP contribution in [0.5, 0.6) is 0 Å². The Morgan fingerprint density at radius 2 is 2.18 bits per heavy atom. The Morgan fingerprint density at radius 1 is 1.33 bits per heavy atom. The summed E-state index contributed by atoms with van der Waals surface area (Å²) < 4.78 is 5.20. The fourth-order valence-corrected chi connectivity index (χ4v) is 4.85. The van der Waals surface area contributed by atoms with Crippen molar-refractivity contribution < 1.29 is 14.3 Å². The SMILES string of the molecule is COCCC1C(=O)N(Cc2ccc3c(N)ncnc3c2)CCN1C(=O)/C=C/c1cc(Cl)cs1. The number of hydrogen-bond acceptors (Lipinski definition) is 7. The molecule has 33 heavy (non-hydrogen) atoms. The van der Waals surface area contributed by atoms with Crippen LogP contribution in [0.15, 0.2) is 42.0 Å². The van der Waals surface area contributed by atoms with Gasteiger partial charge in [-0.05, 0) is 29.8 Å². The van der Waals surface area contributed by atoms with Gasteiger partial charge in [0.1, 0.15) is 18.2 Å². The minimum absolute atomic E-state index is 0.0958. The number of nitrogens with two attached hydrogens (primary N) is 1. The van der Waals surface area contributed by atoms with Crippen molar-refractivity contribution in [1.82, 2.24) is 19.8 Å². The van der Waals surface area contributed by atoms with E-state index in [-0.39, 0.29) is 11.8 Å². The van der Waals surface area contributed by atoms with E-state index in [1.807, 2.05) is 23.6 Å². The van der Waals surface area contributed by atoms with Gasteiger partial charge in [0, 0.05) is 61.5 Å². The van der Waals surface area contributed by atoms with Crippen molar-refractivity contribution in [2.24, 2.45) is 0 Å². The number of ether oxygens (including phenoxy) is 1. The number of anilines is 1. The van der Waals surface area contributed by atoms with Crippen LogP contribution in [0.3, 0.4) is 0 Å². The number of methoxy groups -OCH3 is 1. The molecule has 1 fully saturated rings. The van der Waals surface area contributed by atoms with Gasteiger partial charge >= 0.3 is 0 Å². The number of nitrogens with zero attached hydrogens (tertiary/aromatic N) is 4. The zero-order chi connectivity index (χ0) is 23.4. The minimum atomic E-state index is -0.582. The molecule has 1 atom stereocenters. The summed E-state index contributed by atoms with van der Waals surface area (Å²) in [6.07, 6.45) is 5.08. The van der Waals surface area contributed by atoms with Gasteiger partial charge in [0.05, 0.1) is 10.5 Å². The number of fused-ring (bicyclic) bond motifs is 1. The third-order valence-electron chi connectivity index (χ3n) is 5.55. The number of nitrogen functional groups attached to an aromatic ring is 1. The summed E-state index contributed by atoms with van der Waals surface area (Å²) in [5, 5.41) is 3.22. The van der Waals surface area contributed by atoms with Crippen LogP contribution in [-0.4, -0.2) is 64.4 Å². The Morgan fingerprint density at radius 3 is 2.94 bits per heavy atom. The Bertz CT molecular complexity index is 1200. The zero-order valence-electron chi connectivity index (χ0n) is 18.1. The fraction of sp³-hybridized carbons (Fsp3) is 0.304. The maximum atomic E-state index is 13.3. The molecule has 2 aromatic heterocycles. The van der Waals surface area contributed by atoms with Gasteiger partial charge in [0.25, 0.3) is 0 Å². The van der Waals surface area contributed by atoms with Gasteiger partial charge in [-0.1, -0.05) is 17.7 Å². The van der Waals surface area contributed by atoms with E-state index in [1.165, 1.54) is 23.7 Å². The number of hydrogen-bond donors (Lipinski definition) is 1. The molecule has 4 rings (SSSR count). The van der Waals surface area contributed by atoms with E-state index in [9.17, 15) is 9.59 Å². The van der Waals surface area contributed by atoms with Gasteiger partial charge in [-0.2, -0.15) is 0 Å². The number of amides is 2. The summed E-state index contributed by atoms with van der Waals surface area (Å²) in [6, 6.07) is 6.92. The second kappa shape index (κ2) is 10.3. The van der Waals surface area contributed by atoms with E-state index in [0.29, 0.717) is 43.5 Å². The van der Waals surface area contributed by atoms with E-state index in [2.05, 4.69) is 9.97 Å². The molecule has 1 unspecified atom stereocenters. The standard InChI is InChI=1S/C23H24ClN5O3S/c1-32-9-6-20-23(31)28(12-15-2-4-18-19(10-15)26-14-27-22(18)25)7-8-29(20)21(30)5-3-17-11-16(24)13-33-17/h2-5,10-11,13-14,20H,6-9,12H2,1H3,(H2,25,26,27)/b5-3+. The van der Waals surface area contributed by atoms with E-state index < -0.39 is 6.04 Å². The molecule has 0 bridgehead atoms. The van der Waals surface area contributed by atoms with Gasteiger partial charge in [-0.3, -0.25) is 9.59 Å². The first-order chi connectivity index (χ1) is 16.0. The highest BCUT2D eigenvalue weighted by atomic mass is 35.5. The number of aromatic nitrogens is 2. The Labute approximate surface area is 200 Å². The molecule has 8 nitrogen and oxygen atoms in total. The van der Waals surface area contributed by atoms with Crippen molar-refractivity contribution in [3.05, 3.63) is 57.5 Å². The smallest absolute Gasteiger partial charge is 0.247 e. The Balaban J connectivity index is 1.49. The van der Waals surface area contributed by atoms with E-state index in [1.54, 1.807) is 29.1 Å². The fourth-order valence-electron chi connectivity index (χ4n) is 3.88. The lowest BCUT2D eigenvalue weighted by Gasteiger charge is -2.40. The second-order valence-corrected chi connectivity index (χ2v) is 9.08. The van der Waals surface area contributed by atoms with Gasteiger partial charge in [-0.25, -0.2) is 9.97 Å². The normalized spacial score (nSPS) is 16.8. The van der Waals surface area contributed by atoms with Crippen LogP contribution in [-0.2, 0) is 20.9 Å². The van der Waals surface area contributed by atoms with Crippen molar-refractivity contribution in [1.29, 1.82) is 0 Å². The van der Waals surface area contributed by atoms with Crippen LogP contribution >= 0.6 is 22.9 Å². The molecular weight excluding hydrogens is 462 g/mol. The molecule has 1 aromatic carbocycles. The van der Waals surface area contributed by atoms with E-state index in [0.717, 1.165) is 21.3 Å². The zero-order valence-corrected chi connectivity index (χ0v) is 19.7. The lowest BCUT2D eigenvalue weighted by molar-refractivity contribution is -0.150. The van der Waals surface area contributed by atoms with Crippen molar-refractivity contribution in [2.45, 2.75) is 19.0 Å². The Kier molecular flexibility index (Phi) is 7.22. The average molecular weight is 486 g/mol. The number of carbonyl (C=O) groups is 2. The monoisotopic (exact) mass is 485 g/mol. The second-order valence-electron chi connectivity index (χ2n) is 7.70. The summed E-state index contributed by atoms with van der Waals surface area (Å²) in [4.78, 5) is 38.8. The lowest BCUT2D eigenvalue weighted by Crippen LogP contribution is -2.58. The molecule has 10 heteroatoms. The predicted molar refractivity (Wildman–Crippen MR) is 130 cm³/mol. The number of carbonyl (C=O) groups excluding carboxylic acids is 2. The molecule has 3 heterocycles. The molecule has 3 aromatic rings. The number of piperazine rings is 1. The number of benzene rings is 1. The molecule has 172 valence electrons. The predicted octanol–water partition coefficient (Wildman–Crippen LogP) is 3.22. The number of halogens is 1. The Hall–Kier alpha value is -3.01. The van der Waals surface area contributed by atoms with Gasteiger partial charge < -0.3 is 20.3 Å². The summed E-state index contributed by atoms with van der Waals surface area (Å²) >= 11 is 7.41. The van der Waals surface area contributed by atoms with Crippen LogP contribution in [0, 0.1) is 0 Å². The highest BCUT2D eigenvalue weighted by Gasteiger charge is 2.36. The molecule has 2 amide bonds. The number of thiophene rings is 1. The highest BCUT2D eigenvalue weighted by Crippen LogP contribution is 2.23. The lowest BCUT2D eigenvalue weighted by atomic mass is 10.1. The van der Waals surface area contributed by atoms with Gasteiger partial charge in [0.15, 0.2) is 0 Å². The molecule has 1 aliphatic rings. The van der Waals surface area contributed by atoms with Crippen LogP contribution in [0.4, 0.5) is 5.82 Å². The molecule has 1 saturated heterocycles. The minimum Gasteiger partial charge on any atom is -0.385 e. The molecule has 0 spiro atoms. The van der Waals surface area contributed by atoms with Crippen molar-refractivity contribution in [2.75, 3.05) is 32.5 Å². The molecule has 0 radical (unpaired) electrons. The van der Waals surface area contributed by atoms with E-state index in [4.69, 9.17) is 22.1 Å². The van der Waals surface area contributed by atoms with Gasteiger partial charge in [0.2, 0.25) is 11.8 Å². The summed E-state index contributed by atoms with van der Waals surface area (Å²) in [6.45, 7) is 1.69. The van der Waals surface area contributed by atoms with Crippen molar-refractivity contribution in [3.63, 3.8) is 0 Å². The third kappa shape index (κ3) is 5.32. The first-order valence-corrected chi connectivity index (χ1v) is 11.7. The molecule has 2 N–H and O–H groups in total. The largest absolute Gasteiger partial charge is 0.385 e. The highest BCUT2D eigenvalue weighted by molar-refractivity contribution is 7.11. The summed E-state index contributed by atoms with van der Waals surface area (Å²) in [5.74, 6) is 0.125. The van der Waals surface area contributed by atoms with Crippen LogP contribution in [0.2, 0.25) is 5.02 Å². The molecule has 0 aliphatic carbocycles. The first kappa shape index (κ1) is 23.2. The van der Waals surface area contributed by atoms with Gasteiger partial charge in [-0.15, -0.1) is 11.3 Å². The number of rotatable bonds is 7. The summed E-state index contributed by atoms with van der Waals surface area (Å²) in [7, 11) is 1.58. The van der Waals surface area contributed by atoms with Crippen LogP contribution < -0.4 is 5.73 Å². The van der Waals surface area contributed by atoms with Crippen molar-refractivity contribution >= 4 is 57.5 Å². The molecular formula is C23H24ClN5O3S. The van der Waals surface area contributed by atoms with Crippen LogP contribution in [0.1, 0.15) is 16.9 Å². The maximum absolute atomic E-state index is 13.3. The quantitative estimate of drug-likeness (QED) is 0.515. The molecule has 0 saturated carbocycles. The van der Waals surface area contributed by atoms with E-state index >= 15 is 0 Å². The average Bonchev–Trinajstić information content (AvgIpc) is 3.23. The molecule has 1 aliphatic heterocycles. The summed E-state index contributed by atoms with van der Waals surface area (Å²) in [5.41, 5.74) is 7.58.